The van der Waals surface area contributed by atoms with Crippen LogP contribution in [0.25, 0.3) is 0 Å². The first-order valence-electron chi connectivity index (χ1n) is 5.35. The van der Waals surface area contributed by atoms with Gasteiger partial charge in [0.15, 0.2) is 6.61 Å². The van der Waals surface area contributed by atoms with E-state index in [9.17, 15) is 4.79 Å². The Morgan fingerprint density at radius 1 is 1.21 bits per heavy atom. The molecule has 0 aliphatic carbocycles. The van der Waals surface area contributed by atoms with Gasteiger partial charge >= 0.3 is 0 Å². The third kappa shape index (κ3) is 3.62. The number of thiophene rings is 1. The molecule has 2 aromatic rings. The number of Topliss-reactive ketones (excluding diaryl/α,β-unsaturated/α-hetero) is 1. The van der Waals surface area contributed by atoms with Gasteiger partial charge in [-0.2, -0.15) is 0 Å². The van der Waals surface area contributed by atoms with Gasteiger partial charge in [0.2, 0.25) is 5.78 Å². The van der Waals surface area contributed by atoms with Crippen LogP contribution < -0.4 is 9.47 Å². The van der Waals surface area contributed by atoms with Gasteiger partial charge in [0.1, 0.15) is 15.8 Å². The van der Waals surface area contributed by atoms with Crippen molar-refractivity contribution in [1.82, 2.24) is 0 Å². The van der Waals surface area contributed by atoms with Crippen molar-refractivity contribution in [1.29, 1.82) is 0 Å². The van der Waals surface area contributed by atoms with Gasteiger partial charge in [0, 0.05) is 0 Å². The Bertz CT molecular complexity index is 578. The minimum atomic E-state index is -0.205. The van der Waals surface area contributed by atoms with Crippen molar-refractivity contribution in [2.24, 2.45) is 0 Å². The van der Waals surface area contributed by atoms with Crippen molar-refractivity contribution < 1.29 is 14.3 Å². The summed E-state index contributed by atoms with van der Waals surface area (Å²) in [4.78, 5) is 11.9. The summed E-state index contributed by atoms with van der Waals surface area (Å²) in [5, 5.41) is 0. The Hall–Kier alpha value is -1.23. The van der Waals surface area contributed by atoms with Crippen molar-refractivity contribution in [3.63, 3.8) is 0 Å². The molecule has 1 aromatic heterocycles. The summed E-state index contributed by atoms with van der Waals surface area (Å²) in [6, 6.07) is 8.53. The van der Waals surface area contributed by atoms with E-state index < -0.39 is 0 Å². The van der Waals surface area contributed by atoms with Crippen molar-refractivity contribution in [2.75, 3.05) is 13.7 Å². The number of benzene rings is 1. The van der Waals surface area contributed by atoms with E-state index >= 15 is 0 Å². The largest absolute Gasteiger partial charge is 0.497 e. The smallest absolute Gasteiger partial charge is 0.202 e. The lowest BCUT2D eigenvalue weighted by atomic mass is 10.2. The van der Waals surface area contributed by atoms with Crippen LogP contribution in [0.5, 0.6) is 11.5 Å². The number of methoxy groups -OCH3 is 1. The minimum Gasteiger partial charge on any atom is -0.497 e. The fourth-order valence-electron chi connectivity index (χ4n) is 1.43. The predicted molar refractivity (Wildman–Crippen MR) is 77.2 cm³/mol. The molecule has 0 amide bonds. The number of halogens is 2. The van der Waals surface area contributed by atoms with E-state index in [-0.39, 0.29) is 12.4 Å². The lowest BCUT2D eigenvalue weighted by Crippen LogP contribution is -2.11. The topological polar surface area (TPSA) is 35.5 Å². The van der Waals surface area contributed by atoms with Crippen LogP contribution in [0.2, 0.25) is 8.67 Å². The molecule has 3 nitrogen and oxygen atoms in total. The molecule has 0 radical (unpaired) electrons. The van der Waals surface area contributed by atoms with Crippen molar-refractivity contribution in [3.05, 3.63) is 44.6 Å². The number of ether oxygens (including phenoxy) is 2. The lowest BCUT2D eigenvalue weighted by molar-refractivity contribution is 0.0922. The Balaban J connectivity index is 1.98. The molecule has 0 saturated heterocycles. The molecule has 0 spiro atoms. The SMILES string of the molecule is COc1ccc(OCC(=O)c2cc(Cl)sc2Cl)cc1. The average molecular weight is 317 g/mol. The number of carbonyl (C=O) groups excluding carboxylic acids is 1. The van der Waals surface area contributed by atoms with Crippen LogP contribution in [0.1, 0.15) is 10.4 Å². The maximum absolute atomic E-state index is 11.9. The molecule has 0 aliphatic heterocycles. The van der Waals surface area contributed by atoms with Crippen molar-refractivity contribution in [2.45, 2.75) is 0 Å². The van der Waals surface area contributed by atoms with Gasteiger partial charge in [-0.15, -0.1) is 11.3 Å². The summed E-state index contributed by atoms with van der Waals surface area (Å²) in [5.41, 5.74) is 0.394. The number of hydrogen-bond acceptors (Lipinski definition) is 4. The highest BCUT2D eigenvalue weighted by atomic mass is 35.5. The molecular formula is C13H10Cl2O3S. The molecular weight excluding hydrogens is 307 g/mol. The number of hydrogen-bond donors (Lipinski definition) is 0. The zero-order valence-corrected chi connectivity index (χ0v) is 12.3. The van der Waals surface area contributed by atoms with Crippen molar-refractivity contribution in [3.8, 4) is 11.5 Å². The summed E-state index contributed by atoms with van der Waals surface area (Å²) >= 11 is 12.9. The summed E-state index contributed by atoms with van der Waals surface area (Å²) in [6.07, 6.45) is 0. The lowest BCUT2D eigenvalue weighted by Gasteiger charge is -2.06. The molecule has 0 aliphatic rings. The Kier molecular flexibility index (Phi) is 4.69. The number of ketones is 1. The Morgan fingerprint density at radius 2 is 1.84 bits per heavy atom. The Labute approximate surface area is 124 Å². The third-order valence-corrected chi connectivity index (χ3v) is 3.87. The second kappa shape index (κ2) is 6.28. The normalized spacial score (nSPS) is 10.3. The molecule has 1 heterocycles. The predicted octanol–water partition coefficient (Wildman–Crippen LogP) is 4.33. The maximum atomic E-state index is 11.9. The van der Waals surface area contributed by atoms with E-state index in [1.54, 1.807) is 37.4 Å². The fraction of sp³-hybridized carbons (Fsp3) is 0.154. The molecule has 0 atom stereocenters. The van der Waals surface area contributed by atoms with Crippen LogP contribution >= 0.6 is 34.5 Å². The molecule has 0 unspecified atom stereocenters. The average Bonchev–Trinajstić information content (AvgIpc) is 2.75. The van der Waals surface area contributed by atoms with Gasteiger partial charge in [-0.3, -0.25) is 4.79 Å². The van der Waals surface area contributed by atoms with Crippen LogP contribution in [0.15, 0.2) is 30.3 Å². The van der Waals surface area contributed by atoms with Crippen LogP contribution in [0.4, 0.5) is 0 Å². The standard InChI is InChI=1S/C13H10Cl2O3S/c1-17-8-2-4-9(5-3-8)18-7-11(16)10-6-12(14)19-13(10)15/h2-6H,7H2,1H3. The number of carbonyl (C=O) groups is 1. The molecule has 19 heavy (non-hydrogen) atoms. The first kappa shape index (κ1) is 14.2. The zero-order chi connectivity index (χ0) is 13.8. The first-order valence-corrected chi connectivity index (χ1v) is 6.92. The summed E-state index contributed by atoms with van der Waals surface area (Å²) < 4.78 is 11.3. The van der Waals surface area contributed by atoms with E-state index in [2.05, 4.69) is 0 Å². The summed E-state index contributed by atoms with van der Waals surface area (Å²) in [6.45, 7) is -0.0842. The minimum absolute atomic E-state index is 0.0842. The van der Waals surface area contributed by atoms with Crippen LogP contribution in [0, 0.1) is 0 Å². The molecule has 2 rings (SSSR count). The Morgan fingerprint density at radius 3 is 2.37 bits per heavy atom. The molecule has 0 bridgehead atoms. The van der Waals surface area contributed by atoms with E-state index in [0.29, 0.717) is 20.0 Å². The van der Waals surface area contributed by atoms with Gasteiger partial charge < -0.3 is 9.47 Å². The molecule has 0 fully saturated rings. The monoisotopic (exact) mass is 316 g/mol. The quantitative estimate of drug-likeness (QED) is 0.770. The second-order valence-electron chi connectivity index (χ2n) is 3.63. The van der Waals surface area contributed by atoms with E-state index in [4.69, 9.17) is 32.7 Å². The zero-order valence-electron chi connectivity index (χ0n) is 9.98. The van der Waals surface area contributed by atoms with E-state index in [1.807, 2.05) is 0 Å². The van der Waals surface area contributed by atoms with Crippen LogP contribution in [-0.2, 0) is 0 Å². The number of rotatable bonds is 5. The van der Waals surface area contributed by atoms with E-state index in [1.165, 1.54) is 0 Å². The molecule has 1 aromatic carbocycles. The molecule has 6 heteroatoms. The third-order valence-electron chi connectivity index (χ3n) is 2.39. The maximum Gasteiger partial charge on any atom is 0.202 e. The highest BCUT2D eigenvalue weighted by molar-refractivity contribution is 7.20. The van der Waals surface area contributed by atoms with Crippen LogP contribution in [-0.4, -0.2) is 19.5 Å². The molecule has 100 valence electrons. The second-order valence-corrected chi connectivity index (χ2v) is 5.91. The summed E-state index contributed by atoms with van der Waals surface area (Å²) in [7, 11) is 1.59. The van der Waals surface area contributed by atoms with Crippen LogP contribution in [0.3, 0.4) is 0 Å². The van der Waals surface area contributed by atoms with Gasteiger partial charge in [0.05, 0.1) is 17.0 Å². The highest BCUT2D eigenvalue weighted by Crippen LogP contribution is 2.31. The van der Waals surface area contributed by atoms with Gasteiger partial charge in [0.25, 0.3) is 0 Å². The first-order chi connectivity index (χ1) is 9.10. The molecule has 0 N–H and O–H groups in total. The highest BCUT2D eigenvalue weighted by Gasteiger charge is 2.14. The van der Waals surface area contributed by atoms with Gasteiger partial charge in [-0.25, -0.2) is 0 Å². The van der Waals surface area contributed by atoms with Gasteiger partial charge in [-0.05, 0) is 30.3 Å². The fourth-order valence-corrected chi connectivity index (χ4v) is 2.93. The van der Waals surface area contributed by atoms with E-state index in [0.717, 1.165) is 17.1 Å². The summed E-state index contributed by atoms with van der Waals surface area (Å²) in [5.74, 6) is 1.11. The molecule has 0 saturated carbocycles. The van der Waals surface area contributed by atoms with Gasteiger partial charge in [-0.1, -0.05) is 23.2 Å². The van der Waals surface area contributed by atoms with Crippen molar-refractivity contribution >= 4 is 40.3 Å².